The lowest BCUT2D eigenvalue weighted by molar-refractivity contribution is -0.137. The van der Waals surface area contributed by atoms with Crippen molar-refractivity contribution in [1.82, 2.24) is 4.90 Å². The molecule has 1 aliphatic heterocycles. The first kappa shape index (κ1) is 19.2. The molecule has 9 heteroatoms. The van der Waals surface area contributed by atoms with E-state index in [4.69, 9.17) is 5.26 Å². The molecule has 0 saturated carbocycles. The van der Waals surface area contributed by atoms with Crippen molar-refractivity contribution >= 4 is 27.9 Å². The molecule has 0 atom stereocenters. The van der Waals surface area contributed by atoms with Crippen LogP contribution < -0.4 is 10.2 Å². The maximum Gasteiger partial charge on any atom is 0.416 e. The zero-order chi connectivity index (χ0) is 19.4. The number of halogens is 3. The van der Waals surface area contributed by atoms with Gasteiger partial charge < -0.3 is 10.2 Å². The fraction of sp³-hybridized carbons (Fsp3) is 0.333. The topological polar surface area (TPSA) is 59.4 Å². The molecule has 3 rings (SSSR count). The summed E-state index contributed by atoms with van der Waals surface area (Å²) in [5, 5.41) is 14.0. The van der Waals surface area contributed by atoms with Crippen molar-refractivity contribution in [2.24, 2.45) is 0 Å². The third-order valence-corrected chi connectivity index (χ3v) is 5.15. The SMILES string of the molecule is N#Cc1ccsc1NC(=O)CN1CCN(c2cccc(C(F)(F)F)c2)CC1. The summed E-state index contributed by atoms with van der Waals surface area (Å²) in [5.41, 5.74) is 0.306. The Kier molecular flexibility index (Phi) is 5.68. The molecule has 0 spiro atoms. The molecule has 1 aromatic heterocycles. The smallest absolute Gasteiger partial charge is 0.369 e. The minimum atomic E-state index is -4.36. The third kappa shape index (κ3) is 4.78. The number of rotatable bonds is 4. The summed E-state index contributed by atoms with van der Waals surface area (Å²) in [6.45, 7) is 2.39. The largest absolute Gasteiger partial charge is 0.416 e. The fourth-order valence-electron chi connectivity index (χ4n) is 2.91. The molecule has 2 aromatic rings. The fourth-order valence-corrected chi connectivity index (χ4v) is 3.66. The number of hydrogen-bond donors (Lipinski definition) is 1. The average molecular weight is 394 g/mol. The molecule has 5 nitrogen and oxygen atoms in total. The predicted octanol–water partition coefficient (Wildman–Crippen LogP) is 3.40. The number of nitriles is 1. The molecule has 0 bridgehead atoms. The molecule has 0 radical (unpaired) electrons. The number of hydrogen-bond acceptors (Lipinski definition) is 5. The first-order chi connectivity index (χ1) is 12.9. The van der Waals surface area contributed by atoms with Crippen LogP contribution >= 0.6 is 11.3 Å². The number of nitrogens with one attached hydrogen (secondary N) is 1. The van der Waals surface area contributed by atoms with E-state index in [1.165, 1.54) is 17.4 Å². The highest BCUT2D eigenvalue weighted by Crippen LogP contribution is 2.31. The highest BCUT2D eigenvalue weighted by Gasteiger charge is 2.31. The number of carbonyl (C=O) groups is 1. The summed E-state index contributed by atoms with van der Waals surface area (Å²) in [6, 6.07) is 8.95. The normalized spacial score (nSPS) is 15.4. The second kappa shape index (κ2) is 7.98. The van der Waals surface area contributed by atoms with Crippen LogP contribution in [0.4, 0.5) is 23.9 Å². The monoisotopic (exact) mass is 394 g/mol. The van der Waals surface area contributed by atoms with Crippen molar-refractivity contribution in [3.8, 4) is 6.07 Å². The van der Waals surface area contributed by atoms with Gasteiger partial charge >= 0.3 is 6.18 Å². The summed E-state index contributed by atoms with van der Waals surface area (Å²) >= 11 is 1.29. The molecule has 1 aromatic carbocycles. The quantitative estimate of drug-likeness (QED) is 0.864. The van der Waals surface area contributed by atoms with E-state index < -0.39 is 11.7 Å². The van der Waals surface area contributed by atoms with Crippen LogP contribution in [0.3, 0.4) is 0 Å². The van der Waals surface area contributed by atoms with Gasteiger partial charge in [-0.1, -0.05) is 6.07 Å². The van der Waals surface area contributed by atoms with Gasteiger partial charge in [-0.2, -0.15) is 18.4 Å². The second-order valence-corrected chi connectivity index (χ2v) is 7.05. The number of piperazine rings is 1. The Balaban J connectivity index is 1.53. The predicted molar refractivity (Wildman–Crippen MR) is 97.8 cm³/mol. The molecule has 1 N–H and O–H groups in total. The van der Waals surface area contributed by atoms with Crippen molar-refractivity contribution in [1.29, 1.82) is 5.26 Å². The maximum absolute atomic E-state index is 12.9. The van der Waals surface area contributed by atoms with Crippen LogP contribution in [0.25, 0.3) is 0 Å². The van der Waals surface area contributed by atoms with Crippen LogP contribution in [0.15, 0.2) is 35.7 Å². The number of amides is 1. The van der Waals surface area contributed by atoms with Crippen molar-refractivity contribution in [3.05, 3.63) is 46.8 Å². The summed E-state index contributed by atoms with van der Waals surface area (Å²) in [5.74, 6) is -0.207. The van der Waals surface area contributed by atoms with E-state index in [1.54, 1.807) is 17.5 Å². The van der Waals surface area contributed by atoms with Crippen molar-refractivity contribution in [2.75, 3.05) is 42.9 Å². The zero-order valence-electron chi connectivity index (χ0n) is 14.3. The zero-order valence-corrected chi connectivity index (χ0v) is 15.1. The molecule has 2 heterocycles. The van der Waals surface area contributed by atoms with E-state index in [0.717, 1.165) is 12.1 Å². The number of carbonyl (C=O) groups excluding carboxylic acids is 1. The van der Waals surface area contributed by atoms with Crippen LogP contribution in [0.1, 0.15) is 11.1 Å². The lowest BCUT2D eigenvalue weighted by Crippen LogP contribution is -2.48. The van der Waals surface area contributed by atoms with E-state index in [1.807, 2.05) is 15.9 Å². The summed E-state index contributed by atoms with van der Waals surface area (Å²) in [7, 11) is 0. The Morgan fingerprint density at radius 2 is 1.96 bits per heavy atom. The van der Waals surface area contributed by atoms with Crippen LogP contribution in [-0.2, 0) is 11.0 Å². The van der Waals surface area contributed by atoms with Gasteiger partial charge in [0, 0.05) is 31.9 Å². The van der Waals surface area contributed by atoms with Crippen molar-refractivity contribution < 1.29 is 18.0 Å². The molecule has 1 aliphatic rings. The van der Waals surface area contributed by atoms with Crippen LogP contribution in [0.2, 0.25) is 0 Å². The van der Waals surface area contributed by atoms with Gasteiger partial charge in [-0.25, -0.2) is 0 Å². The number of thiophene rings is 1. The molecule has 0 unspecified atom stereocenters. The van der Waals surface area contributed by atoms with Gasteiger partial charge in [0.25, 0.3) is 0 Å². The van der Waals surface area contributed by atoms with Gasteiger partial charge in [-0.15, -0.1) is 11.3 Å². The first-order valence-corrected chi connectivity index (χ1v) is 9.17. The summed E-state index contributed by atoms with van der Waals surface area (Å²) in [4.78, 5) is 16.0. The minimum Gasteiger partial charge on any atom is -0.369 e. The van der Waals surface area contributed by atoms with E-state index in [9.17, 15) is 18.0 Å². The third-order valence-electron chi connectivity index (χ3n) is 4.32. The van der Waals surface area contributed by atoms with Gasteiger partial charge in [-0.3, -0.25) is 9.69 Å². The van der Waals surface area contributed by atoms with Crippen LogP contribution in [0.5, 0.6) is 0 Å². The number of anilines is 2. The van der Waals surface area contributed by atoms with Gasteiger partial charge in [-0.05, 0) is 29.6 Å². The molecule has 1 saturated heterocycles. The highest BCUT2D eigenvalue weighted by molar-refractivity contribution is 7.14. The van der Waals surface area contributed by atoms with Crippen LogP contribution in [0, 0.1) is 11.3 Å². The molecule has 1 amide bonds. The molecule has 142 valence electrons. The lowest BCUT2D eigenvalue weighted by Gasteiger charge is -2.35. The maximum atomic E-state index is 12.9. The highest BCUT2D eigenvalue weighted by atomic mass is 32.1. The Hall–Kier alpha value is -2.57. The van der Waals surface area contributed by atoms with Gasteiger partial charge in [0.2, 0.25) is 5.91 Å². The standard InChI is InChI=1S/C18H17F3N4OS/c19-18(20,21)14-2-1-3-15(10-14)25-7-5-24(6-8-25)12-16(26)23-17-13(11-22)4-9-27-17/h1-4,9-10H,5-8,12H2,(H,23,26). The molecular weight excluding hydrogens is 377 g/mol. The Bertz CT molecular complexity index is 851. The van der Waals surface area contributed by atoms with Crippen molar-refractivity contribution in [2.45, 2.75) is 6.18 Å². The lowest BCUT2D eigenvalue weighted by atomic mass is 10.1. The van der Waals surface area contributed by atoms with Gasteiger partial charge in [0.1, 0.15) is 11.1 Å². The average Bonchev–Trinajstić information content (AvgIpc) is 3.08. The molecule has 27 heavy (non-hydrogen) atoms. The van der Waals surface area contributed by atoms with E-state index in [0.29, 0.717) is 42.4 Å². The number of nitrogens with zero attached hydrogens (tertiary/aromatic N) is 3. The molecule has 1 fully saturated rings. The molecular formula is C18H17F3N4OS. The minimum absolute atomic E-state index is 0.180. The number of benzene rings is 1. The molecule has 0 aliphatic carbocycles. The van der Waals surface area contributed by atoms with E-state index >= 15 is 0 Å². The van der Waals surface area contributed by atoms with E-state index in [-0.39, 0.29) is 12.5 Å². The van der Waals surface area contributed by atoms with Gasteiger partial charge in [0.15, 0.2) is 0 Å². The Labute approximate surface area is 158 Å². The second-order valence-electron chi connectivity index (χ2n) is 6.13. The summed E-state index contributed by atoms with van der Waals surface area (Å²) in [6.07, 6.45) is -4.36. The summed E-state index contributed by atoms with van der Waals surface area (Å²) < 4.78 is 38.6. The van der Waals surface area contributed by atoms with Gasteiger partial charge in [0.05, 0.1) is 17.7 Å². The Morgan fingerprint density at radius 1 is 1.22 bits per heavy atom. The Morgan fingerprint density at radius 3 is 2.63 bits per heavy atom. The number of alkyl halides is 3. The van der Waals surface area contributed by atoms with Crippen LogP contribution in [-0.4, -0.2) is 43.5 Å². The van der Waals surface area contributed by atoms with E-state index in [2.05, 4.69) is 5.32 Å². The first-order valence-electron chi connectivity index (χ1n) is 8.29. The van der Waals surface area contributed by atoms with Crippen molar-refractivity contribution in [3.63, 3.8) is 0 Å².